The molecule has 0 N–H and O–H groups in total. The fourth-order valence-corrected chi connectivity index (χ4v) is 1.10. The molecule has 1 aromatic rings. The summed E-state index contributed by atoms with van der Waals surface area (Å²) in [7, 11) is 1.39. The first-order valence-corrected chi connectivity index (χ1v) is 4.12. The average Bonchev–Trinajstić information content (AvgIpc) is 2.54. The smallest absolute Gasteiger partial charge is 0.325 e. The van der Waals surface area contributed by atoms with E-state index in [0.717, 1.165) is 5.69 Å². The Bertz CT molecular complexity index is 312. The normalized spacial score (nSPS) is 10.6. The van der Waals surface area contributed by atoms with Gasteiger partial charge in [0.25, 0.3) is 0 Å². The van der Waals surface area contributed by atoms with E-state index in [0.29, 0.717) is 0 Å². The van der Waals surface area contributed by atoms with Crippen molar-refractivity contribution >= 4 is 12.0 Å². The van der Waals surface area contributed by atoms with Crippen LogP contribution in [0.3, 0.4) is 0 Å². The van der Waals surface area contributed by atoms with Crippen LogP contribution in [0.2, 0.25) is 0 Å². The van der Waals surface area contributed by atoms with Gasteiger partial charge in [-0.3, -0.25) is 4.79 Å². The average molecular weight is 179 g/mol. The molecule has 0 saturated heterocycles. The molecule has 0 aromatic carbocycles. The summed E-state index contributed by atoms with van der Waals surface area (Å²) >= 11 is 0. The fourth-order valence-electron chi connectivity index (χ4n) is 1.10. The number of methoxy groups -OCH3 is 1. The van der Waals surface area contributed by atoms with E-state index in [4.69, 9.17) is 0 Å². The third-order valence-corrected chi connectivity index (χ3v) is 1.73. The van der Waals surface area contributed by atoms with Crippen molar-refractivity contribution in [3.8, 4) is 0 Å². The Morgan fingerprint density at radius 1 is 1.69 bits per heavy atom. The van der Waals surface area contributed by atoms with Crippen molar-refractivity contribution in [2.45, 2.75) is 13.5 Å². The van der Waals surface area contributed by atoms with Crippen LogP contribution in [-0.4, -0.2) is 17.6 Å². The zero-order valence-electron chi connectivity index (χ0n) is 7.86. The SMILES string of the molecule is CC=Cc1cccn1CC(=O)OC. The quantitative estimate of drug-likeness (QED) is 0.661. The van der Waals surface area contributed by atoms with Gasteiger partial charge in [-0.25, -0.2) is 0 Å². The van der Waals surface area contributed by atoms with E-state index in [1.165, 1.54) is 7.11 Å². The molecule has 13 heavy (non-hydrogen) atoms. The Balaban J connectivity index is 2.76. The van der Waals surface area contributed by atoms with Crippen molar-refractivity contribution in [2.75, 3.05) is 7.11 Å². The molecule has 0 aliphatic rings. The minimum Gasteiger partial charge on any atom is -0.468 e. The van der Waals surface area contributed by atoms with Gasteiger partial charge in [0.2, 0.25) is 0 Å². The molecule has 0 amide bonds. The first kappa shape index (κ1) is 9.58. The molecule has 3 nitrogen and oxygen atoms in total. The van der Waals surface area contributed by atoms with Gasteiger partial charge in [-0.2, -0.15) is 0 Å². The summed E-state index contributed by atoms with van der Waals surface area (Å²) in [5, 5.41) is 0. The van der Waals surface area contributed by atoms with Gasteiger partial charge in [-0.1, -0.05) is 6.08 Å². The Labute approximate surface area is 77.6 Å². The first-order chi connectivity index (χ1) is 6.27. The van der Waals surface area contributed by atoms with Gasteiger partial charge >= 0.3 is 5.97 Å². The summed E-state index contributed by atoms with van der Waals surface area (Å²) in [5.74, 6) is -0.234. The predicted molar refractivity (Wildman–Crippen MR) is 51.2 cm³/mol. The van der Waals surface area contributed by atoms with E-state index in [9.17, 15) is 4.79 Å². The number of ether oxygens (including phenoxy) is 1. The molecule has 1 aromatic heterocycles. The number of aromatic nitrogens is 1. The molecule has 0 bridgehead atoms. The largest absolute Gasteiger partial charge is 0.468 e. The summed E-state index contributed by atoms with van der Waals surface area (Å²) in [4.78, 5) is 11.0. The molecule has 0 aliphatic carbocycles. The molecule has 0 atom stereocenters. The zero-order valence-corrected chi connectivity index (χ0v) is 7.86. The van der Waals surface area contributed by atoms with E-state index < -0.39 is 0 Å². The third kappa shape index (κ3) is 2.47. The number of esters is 1. The predicted octanol–water partition coefficient (Wildman–Crippen LogP) is 1.69. The second kappa shape index (κ2) is 4.50. The van der Waals surface area contributed by atoms with Crippen molar-refractivity contribution in [1.82, 2.24) is 4.57 Å². The second-order valence-corrected chi connectivity index (χ2v) is 2.64. The molecule has 0 spiro atoms. The summed E-state index contributed by atoms with van der Waals surface area (Å²) in [6.45, 7) is 2.21. The highest BCUT2D eigenvalue weighted by atomic mass is 16.5. The highest BCUT2D eigenvalue weighted by Gasteiger charge is 2.03. The van der Waals surface area contributed by atoms with E-state index in [1.54, 1.807) is 0 Å². The van der Waals surface area contributed by atoms with Crippen LogP contribution in [0, 0.1) is 0 Å². The topological polar surface area (TPSA) is 31.2 Å². The van der Waals surface area contributed by atoms with Crippen LogP contribution in [-0.2, 0) is 16.1 Å². The molecule has 0 unspecified atom stereocenters. The van der Waals surface area contributed by atoms with E-state index in [-0.39, 0.29) is 12.5 Å². The molecule has 1 rings (SSSR count). The molecular formula is C10H13NO2. The number of carbonyl (C=O) groups excluding carboxylic acids is 1. The molecular weight excluding hydrogens is 166 g/mol. The Morgan fingerprint density at radius 2 is 2.46 bits per heavy atom. The van der Waals surface area contributed by atoms with Crippen molar-refractivity contribution in [1.29, 1.82) is 0 Å². The number of hydrogen-bond acceptors (Lipinski definition) is 2. The maximum atomic E-state index is 11.0. The van der Waals surface area contributed by atoms with Crippen LogP contribution in [0.25, 0.3) is 6.08 Å². The molecule has 0 fully saturated rings. The number of rotatable bonds is 3. The van der Waals surface area contributed by atoms with Crippen LogP contribution in [0.15, 0.2) is 24.4 Å². The van der Waals surface area contributed by atoms with Crippen molar-refractivity contribution in [2.24, 2.45) is 0 Å². The van der Waals surface area contributed by atoms with Crippen LogP contribution in [0.4, 0.5) is 0 Å². The van der Waals surface area contributed by atoms with Crippen LogP contribution < -0.4 is 0 Å². The van der Waals surface area contributed by atoms with E-state index in [2.05, 4.69) is 4.74 Å². The number of allylic oxidation sites excluding steroid dienone is 1. The standard InChI is InChI=1S/C10H13NO2/c1-3-5-9-6-4-7-11(9)8-10(12)13-2/h3-7H,8H2,1-2H3. The van der Waals surface area contributed by atoms with Gasteiger partial charge in [0.15, 0.2) is 0 Å². The Hall–Kier alpha value is -1.51. The van der Waals surface area contributed by atoms with Gasteiger partial charge in [-0.15, -0.1) is 0 Å². The summed E-state index contributed by atoms with van der Waals surface area (Å²) < 4.78 is 6.41. The lowest BCUT2D eigenvalue weighted by molar-refractivity contribution is -0.141. The van der Waals surface area contributed by atoms with Crippen molar-refractivity contribution in [3.05, 3.63) is 30.1 Å². The Morgan fingerprint density at radius 3 is 3.08 bits per heavy atom. The number of nitrogens with zero attached hydrogens (tertiary/aromatic N) is 1. The summed E-state index contributed by atoms with van der Waals surface area (Å²) in [6, 6.07) is 3.85. The Kier molecular flexibility index (Phi) is 3.31. The molecule has 3 heteroatoms. The maximum absolute atomic E-state index is 11.0. The second-order valence-electron chi connectivity index (χ2n) is 2.64. The summed E-state index contributed by atoms with van der Waals surface area (Å²) in [6.07, 6.45) is 5.73. The monoisotopic (exact) mass is 179 g/mol. The first-order valence-electron chi connectivity index (χ1n) is 4.12. The van der Waals surface area contributed by atoms with Crippen LogP contribution >= 0.6 is 0 Å². The summed E-state index contributed by atoms with van der Waals surface area (Å²) in [5.41, 5.74) is 1.01. The molecule has 70 valence electrons. The molecule has 0 saturated carbocycles. The van der Waals surface area contributed by atoms with Gasteiger partial charge in [0.1, 0.15) is 6.54 Å². The molecule has 1 heterocycles. The van der Waals surface area contributed by atoms with E-state index in [1.807, 2.05) is 42.0 Å². The highest BCUT2D eigenvalue weighted by Crippen LogP contribution is 2.04. The molecule has 0 aliphatic heterocycles. The lowest BCUT2D eigenvalue weighted by atomic mass is 10.4. The highest BCUT2D eigenvalue weighted by molar-refractivity contribution is 5.69. The minimum absolute atomic E-state index is 0.234. The lowest BCUT2D eigenvalue weighted by Gasteiger charge is -2.03. The number of hydrogen-bond donors (Lipinski definition) is 0. The van der Waals surface area contributed by atoms with Crippen molar-refractivity contribution in [3.63, 3.8) is 0 Å². The minimum atomic E-state index is -0.234. The van der Waals surface area contributed by atoms with Crippen molar-refractivity contribution < 1.29 is 9.53 Å². The van der Waals surface area contributed by atoms with Gasteiger partial charge < -0.3 is 9.30 Å². The van der Waals surface area contributed by atoms with Gasteiger partial charge in [0.05, 0.1) is 7.11 Å². The van der Waals surface area contributed by atoms with Crippen LogP contribution in [0.1, 0.15) is 12.6 Å². The fraction of sp³-hybridized carbons (Fsp3) is 0.300. The van der Waals surface area contributed by atoms with E-state index >= 15 is 0 Å². The maximum Gasteiger partial charge on any atom is 0.325 e. The lowest BCUT2D eigenvalue weighted by Crippen LogP contribution is -2.11. The number of carbonyl (C=O) groups is 1. The van der Waals surface area contributed by atoms with Crippen LogP contribution in [0.5, 0.6) is 0 Å². The third-order valence-electron chi connectivity index (χ3n) is 1.73. The van der Waals surface area contributed by atoms with Gasteiger partial charge in [-0.05, 0) is 25.1 Å². The zero-order chi connectivity index (χ0) is 9.68. The van der Waals surface area contributed by atoms with Gasteiger partial charge in [0, 0.05) is 11.9 Å². The molecule has 0 radical (unpaired) electrons.